The third kappa shape index (κ3) is 5.32. The van der Waals surface area contributed by atoms with E-state index in [1.54, 1.807) is 25.1 Å². The molecule has 0 spiro atoms. The van der Waals surface area contributed by atoms with Crippen LogP contribution in [0.1, 0.15) is 18.1 Å². The summed E-state index contributed by atoms with van der Waals surface area (Å²) in [4.78, 5) is 23.8. The molecule has 0 unspecified atom stereocenters. The summed E-state index contributed by atoms with van der Waals surface area (Å²) in [5.41, 5.74) is 1.99. The molecule has 1 aromatic carbocycles. The van der Waals surface area contributed by atoms with Crippen LogP contribution in [0, 0.1) is 5.82 Å². The van der Waals surface area contributed by atoms with Gasteiger partial charge >= 0.3 is 6.55 Å². The van der Waals surface area contributed by atoms with E-state index in [0.29, 0.717) is 16.3 Å². The number of rotatable bonds is 9. The molecule has 10 nitrogen and oxygen atoms in total. The van der Waals surface area contributed by atoms with Crippen LogP contribution in [0.25, 0.3) is 0 Å². The van der Waals surface area contributed by atoms with E-state index in [-0.39, 0.29) is 36.2 Å². The summed E-state index contributed by atoms with van der Waals surface area (Å²) in [6, 6.07) is 7.90. The van der Waals surface area contributed by atoms with Crippen molar-refractivity contribution in [3.05, 3.63) is 59.7 Å². The van der Waals surface area contributed by atoms with Crippen molar-refractivity contribution >= 4 is 44.9 Å². The molecule has 4 rings (SSSR count). The van der Waals surface area contributed by atoms with Gasteiger partial charge in [-0.2, -0.15) is 13.8 Å². The Bertz CT molecular complexity index is 1410. The Morgan fingerprint density at radius 2 is 1.97 bits per heavy atom. The molecule has 0 saturated carbocycles. The molecular weight excluding hydrogens is 499 g/mol. The van der Waals surface area contributed by atoms with Crippen LogP contribution in [0.15, 0.2) is 42.7 Å². The number of hydrogen-bond acceptors (Lipinski definition) is 8. The molecule has 0 atom stereocenters. The molecule has 0 saturated heterocycles. The second-order valence-corrected chi connectivity index (χ2v) is 9.81. The number of pyridine rings is 1. The minimum atomic E-state index is -3.74. The predicted octanol–water partition coefficient (Wildman–Crippen LogP) is 3.26. The first-order valence-electron chi connectivity index (χ1n) is 10.8. The Kier molecular flexibility index (Phi) is 6.97. The van der Waals surface area contributed by atoms with Crippen molar-refractivity contribution in [1.29, 1.82) is 0 Å². The number of amides is 1. The standard InChI is InChI=1S/C22H22F3N7O3S/c1-3-32(36(2,34)35)19-14(5-4-8-26-19)12-31(21(24)25)20-16(23)11-27-22(30-20)28-15-7-6-13-9-18(33)29-17(13)10-15/h4-8,10-11,21H,3,9,12H2,1-2H3,(H,29,33)(H,27,28,30). The number of aromatic nitrogens is 3. The van der Waals surface area contributed by atoms with Gasteiger partial charge in [0, 0.05) is 29.7 Å². The summed E-state index contributed by atoms with van der Waals surface area (Å²) in [7, 11) is -3.74. The van der Waals surface area contributed by atoms with Gasteiger partial charge in [-0.25, -0.2) is 22.8 Å². The van der Waals surface area contributed by atoms with Crippen molar-refractivity contribution in [3.8, 4) is 0 Å². The summed E-state index contributed by atoms with van der Waals surface area (Å²) in [5, 5.41) is 5.52. The predicted molar refractivity (Wildman–Crippen MR) is 128 cm³/mol. The Labute approximate surface area is 205 Å². The Morgan fingerprint density at radius 1 is 1.19 bits per heavy atom. The van der Waals surface area contributed by atoms with Crippen LogP contribution in [-0.2, 0) is 27.8 Å². The molecule has 2 aromatic heterocycles. The zero-order valence-electron chi connectivity index (χ0n) is 19.2. The SMILES string of the molecule is CCN(c1ncccc1CN(c1nc(Nc2ccc3c(c2)NC(=O)C3)ncc1F)C(F)F)S(C)(=O)=O. The van der Waals surface area contributed by atoms with E-state index in [0.717, 1.165) is 22.3 Å². The molecule has 0 radical (unpaired) electrons. The van der Waals surface area contributed by atoms with Crippen molar-refractivity contribution in [2.24, 2.45) is 0 Å². The molecule has 0 aliphatic carbocycles. The van der Waals surface area contributed by atoms with E-state index < -0.39 is 34.8 Å². The third-order valence-corrected chi connectivity index (χ3v) is 6.59. The average molecular weight is 522 g/mol. The normalized spacial score (nSPS) is 12.9. The van der Waals surface area contributed by atoms with Gasteiger partial charge in [0.2, 0.25) is 21.9 Å². The fourth-order valence-corrected chi connectivity index (χ4v) is 4.73. The van der Waals surface area contributed by atoms with Gasteiger partial charge in [-0.3, -0.25) is 14.0 Å². The van der Waals surface area contributed by atoms with Crippen LogP contribution in [0.2, 0.25) is 0 Å². The van der Waals surface area contributed by atoms with Crippen LogP contribution < -0.4 is 19.8 Å². The monoisotopic (exact) mass is 521 g/mol. The van der Waals surface area contributed by atoms with Crippen LogP contribution in [-0.4, -0.2) is 48.6 Å². The lowest BCUT2D eigenvalue weighted by molar-refractivity contribution is -0.115. The van der Waals surface area contributed by atoms with Gasteiger partial charge in [0.25, 0.3) is 0 Å². The number of carbonyl (C=O) groups excluding carboxylic acids is 1. The molecule has 3 aromatic rings. The number of anilines is 5. The first-order chi connectivity index (χ1) is 17.1. The van der Waals surface area contributed by atoms with E-state index in [4.69, 9.17) is 0 Å². The van der Waals surface area contributed by atoms with Gasteiger partial charge in [-0.1, -0.05) is 12.1 Å². The molecule has 14 heteroatoms. The fraction of sp³-hybridized carbons (Fsp3) is 0.273. The number of alkyl halides is 2. The van der Waals surface area contributed by atoms with Gasteiger partial charge in [0.1, 0.15) is 5.82 Å². The fourth-order valence-electron chi connectivity index (χ4n) is 3.78. The van der Waals surface area contributed by atoms with Crippen LogP contribution in [0.5, 0.6) is 0 Å². The molecule has 3 heterocycles. The quantitative estimate of drug-likeness (QED) is 0.412. The summed E-state index contributed by atoms with van der Waals surface area (Å²) >= 11 is 0. The summed E-state index contributed by atoms with van der Waals surface area (Å²) in [6.45, 7) is -2.16. The van der Waals surface area contributed by atoms with Crippen LogP contribution >= 0.6 is 0 Å². The zero-order valence-corrected chi connectivity index (χ0v) is 20.1. The van der Waals surface area contributed by atoms with E-state index in [1.165, 1.54) is 18.3 Å². The van der Waals surface area contributed by atoms with E-state index in [2.05, 4.69) is 25.6 Å². The first kappa shape index (κ1) is 25.2. The molecular formula is C22H22F3N7O3S. The summed E-state index contributed by atoms with van der Waals surface area (Å²) in [5.74, 6) is -2.13. The van der Waals surface area contributed by atoms with E-state index in [1.807, 2.05) is 0 Å². The number of nitrogens with zero attached hydrogens (tertiary/aromatic N) is 5. The Balaban J connectivity index is 1.65. The van der Waals surface area contributed by atoms with E-state index in [9.17, 15) is 26.4 Å². The number of hydrogen-bond donors (Lipinski definition) is 2. The molecule has 190 valence electrons. The number of halogens is 3. The molecule has 2 N–H and O–H groups in total. The lowest BCUT2D eigenvalue weighted by Crippen LogP contribution is -2.34. The van der Waals surface area contributed by atoms with Gasteiger partial charge < -0.3 is 10.6 Å². The highest BCUT2D eigenvalue weighted by atomic mass is 32.2. The number of nitrogens with one attached hydrogen (secondary N) is 2. The minimum absolute atomic E-state index is 0.0225. The molecule has 0 bridgehead atoms. The molecule has 1 amide bonds. The highest BCUT2D eigenvalue weighted by Crippen LogP contribution is 2.30. The van der Waals surface area contributed by atoms with E-state index >= 15 is 0 Å². The molecule has 1 aliphatic rings. The van der Waals surface area contributed by atoms with Gasteiger partial charge in [0.15, 0.2) is 11.6 Å². The maximum Gasteiger partial charge on any atom is 0.316 e. The van der Waals surface area contributed by atoms with Crippen LogP contribution in [0.4, 0.5) is 42.1 Å². The Morgan fingerprint density at radius 3 is 2.67 bits per heavy atom. The highest BCUT2D eigenvalue weighted by Gasteiger charge is 2.27. The smallest absolute Gasteiger partial charge is 0.316 e. The first-order valence-corrected chi connectivity index (χ1v) is 12.6. The van der Waals surface area contributed by atoms with Crippen LogP contribution in [0.3, 0.4) is 0 Å². The molecule has 36 heavy (non-hydrogen) atoms. The van der Waals surface area contributed by atoms with Gasteiger partial charge in [-0.15, -0.1) is 0 Å². The highest BCUT2D eigenvalue weighted by molar-refractivity contribution is 7.92. The average Bonchev–Trinajstić information content (AvgIpc) is 3.18. The van der Waals surface area contributed by atoms with Crippen molar-refractivity contribution in [1.82, 2.24) is 15.0 Å². The molecule has 1 aliphatic heterocycles. The summed E-state index contributed by atoms with van der Waals surface area (Å²) in [6.07, 6.45) is 3.33. The van der Waals surface area contributed by atoms with Crippen molar-refractivity contribution in [2.75, 3.05) is 32.6 Å². The second kappa shape index (κ2) is 9.97. The van der Waals surface area contributed by atoms with Gasteiger partial charge in [0.05, 0.1) is 25.4 Å². The van der Waals surface area contributed by atoms with Crippen molar-refractivity contribution in [2.45, 2.75) is 26.4 Å². The zero-order chi connectivity index (χ0) is 26.0. The van der Waals surface area contributed by atoms with Crippen molar-refractivity contribution in [3.63, 3.8) is 0 Å². The second-order valence-electron chi connectivity index (χ2n) is 7.91. The maximum atomic E-state index is 14.7. The number of carbonyl (C=O) groups is 1. The molecule has 0 fully saturated rings. The summed E-state index contributed by atoms with van der Waals surface area (Å²) < 4.78 is 68.3. The third-order valence-electron chi connectivity index (χ3n) is 5.36. The Hall–Kier alpha value is -3.94. The number of fused-ring (bicyclic) bond motifs is 1. The minimum Gasteiger partial charge on any atom is -0.325 e. The largest absolute Gasteiger partial charge is 0.325 e. The number of benzene rings is 1. The van der Waals surface area contributed by atoms with Crippen molar-refractivity contribution < 1.29 is 26.4 Å². The maximum absolute atomic E-state index is 14.7. The topological polar surface area (TPSA) is 120 Å². The number of sulfonamides is 1. The lowest BCUT2D eigenvalue weighted by Gasteiger charge is -2.27. The van der Waals surface area contributed by atoms with Gasteiger partial charge in [-0.05, 0) is 30.7 Å². The lowest BCUT2D eigenvalue weighted by atomic mass is 10.1.